The van der Waals surface area contributed by atoms with Crippen molar-refractivity contribution in [2.75, 3.05) is 46.4 Å². The zero-order valence-electron chi connectivity index (χ0n) is 10.8. The Morgan fingerprint density at radius 1 is 1.12 bits per heavy atom. The third-order valence-electron chi connectivity index (χ3n) is 2.95. The summed E-state index contributed by atoms with van der Waals surface area (Å²) >= 11 is 0. The molecule has 0 saturated carbocycles. The molecule has 0 spiro atoms. The fraction of sp³-hybridized carbons (Fsp3) is 0.917. The van der Waals surface area contributed by atoms with E-state index in [1.54, 1.807) is 7.11 Å². The molecular weight excluding hydrogens is 218 g/mol. The van der Waals surface area contributed by atoms with Crippen LogP contribution in [-0.2, 0) is 4.74 Å². The summed E-state index contributed by atoms with van der Waals surface area (Å²) in [5.41, 5.74) is 0. The Kier molecular flexibility index (Phi) is 7.75. The van der Waals surface area contributed by atoms with Gasteiger partial charge in [0.2, 0.25) is 0 Å². The number of nitrogens with one attached hydrogen (secondary N) is 2. The maximum atomic E-state index is 11.8. The number of hydrogen-bond acceptors (Lipinski definition) is 3. The SMILES string of the molecule is COCCNCCNC(=O)N1CCCCCC1. The van der Waals surface area contributed by atoms with Crippen molar-refractivity contribution in [1.82, 2.24) is 15.5 Å². The number of carbonyl (C=O) groups is 1. The van der Waals surface area contributed by atoms with E-state index >= 15 is 0 Å². The average molecular weight is 243 g/mol. The lowest BCUT2D eigenvalue weighted by Gasteiger charge is -2.20. The summed E-state index contributed by atoms with van der Waals surface area (Å²) in [4.78, 5) is 13.7. The molecule has 0 radical (unpaired) electrons. The number of carbonyl (C=O) groups excluding carboxylic acids is 1. The molecule has 1 saturated heterocycles. The molecule has 5 nitrogen and oxygen atoms in total. The van der Waals surface area contributed by atoms with Crippen LogP contribution < -0.4 is 10.6 Å². The Bertz CT molecular complexity index is 204. The van der Waals surface area contributed by atoms with Crippen LogP contribution in [0.1, 0.15) is 25.7 Å². The van der Waals surface area contributed by atoms with Crippen LogP contribution in [0.15, 0.2) is 0 Å². The van der Waals surface area contributed by atoms with Crippen molar-refractivity contribution >= 4 is 6.03 Å². The van der Waals surface area contributed by atoms with Gasteiger partial charge >= 0.3 is 6.03 Å². The summed E-state index contributed by atoms with van der Waals surface area (Å²) < 4.78 is 4.92. The Balaban J connectivity index is 2.03. The van der Waals surface area contributed by atoms with Gasteiger partial charge in [-0.2, -0.15) is 0 Å². The Morgan fingerprint density at radius 3 is 2.47 bits per heavy atom. The smallest absolute Gasteiger partial charge is 0.317 e. The molecule has 17 heavy (non-hydrogen) atoms. The summed E-state index contributed by atoms with van der Waals surface area (Å²) in [6.07, 6.45) is 4.78. The van der Waals surface area contributed by atoms with E-state index in [1.165, 1.54) is 12.8 Å². The minimum absolute atomic E-state index is 0.0837. The van der Waals surface area contributed by atoms with Gasteiger partial charge in [0, 0.05) is 39.8 Å². The van der Waals surface area contributed by atoms with Crippen LogP contribution in [0.5, 0.6) is 0 Å². The van der Waals surface area contributed by atoms with E-state index in [-0.39, 0.29) is 6.03 Å². The molecule has 0 bridgehead atoms. The van der Waals surface area contributed by atoms with E-state index in [0.717, 1.165) is 39.0 Å². The molecule has 100 valence electrons. The standard InChI is InChI=1S/C12H25N3O2/c1-17-11-8-13-6-7-14-12(16)15-9-4-2-3-5-10-15/h13H,2-11H2,1H3,(H,14,16). The molecule has 0 aromatic carbocycles. The predicted octanol–water partition coefficient (Wildman–Crippen LogP) is 0.808. The lowest BCUT2D eigenvalue weighted by molar-refractivity contribution is 0.196. The van der Waals surface area contributed by atoms with Gasteiger partial charge in [0.25, 0.3) is 0 Å². The number of rotatable bonds is 6. The molecule has 5 heteroatoms. The summed E-state index contributed by atoms with van der Waals surface area (Å²) in [5, 5.41) is 6.14. The predicted molar refractivity (Wildman–Crippen MR) is 68.2 cm³/mol. The molecular formula is C12H25N3O2. The summed E-state index contributed by atoms with van der Waals surface area (Å²) in [5.74, 6) is 0. The molecule has 1 aliphatic heterocycles. The first-order valence-corrected chi connectivity index (χ1v) is 6.57. The van der Waals surface area contributed by atoms with Gasteiger partial charge in [-0.05, 0) is 12.8 Å². The maximum absolute atomic E-state index is 11.8. The van der Waals surface area contributed by atoms with Gasteiger partial charge in [-0.15, -0.1) is 0 Å². The first kappa shape index (κ1) is 14.3. The Hall–Kier alpha value is -0.810. The highest BCUT2D eigenvalue weighted by atomic mass is 16.5. The van der Waals surface area contributed by atoms with Crippen molar-refractivity contribution in [2.24, 2.45) is 0 Å². The van der Waals surface area contributed by atoms with Gasteiger partial charge in [0.05, 0.1) is 6.61 Å². The number of hydrogen-bond donors (Lipinski definition) is 2. The molecule has 2 amide bonds. The quantitative estimate of drug-likeness (QED) is 0.679. The lowest BCUT2D eigenvalue weighted by atomic mass is 10.2. The van der Waals surface area contributed by atoms with E-state index in [9.17, 15) is 4.79 Å². The van der Waals surface area contributed by atoms with Gasteiger partial charge in [-0.1, -0.05) is 12.8 Å². The van der Waals surface area contributed by atoms with Crippen molar-refractivity contribution in [2.45, 2.75) is 25.7 Å². The van der Waals surface area contributed by atoms with E-state index in [2.05, 4.69) is 10.6 Å². The second-order valence-corrected chi connectivity index (χ2v) is 4.38. The van der Waals surface area contributed by atoms with Crippen LogP contribution in [0.3, 0.4) is 0 Å². The highest BCUT2D eigenvalue weighted by Crippen LogP contribution is 2.09. The number of amides is 2. The van der Waals surface area contributed by atoms with Crippen LogP contribution in [-0.4, -0.2) is 57.4 Å². The van der Waals surface area contributed by atoms with Crippen LogP contribution in [0, 0.1) is 0 Å². The van der Waals surface area contributed by atoms with Gasteiger partial charge in [-0.25, -0.2) is 4.79 Å². The van der Waals surface area contributed by atoms with Gasteiger partial charge in [0.1, 0.15) is 0 Å². The van der Waals surface area contributed by atoms with Crippen molar-refractivity contribution in [3.8, 4) is 0 Å². The number of nitrogens with zero attached hydrogens (tertiary/aromatic N) is 1. The van der Waals surface area contributed by atoms with E-state index < -0.39 is 0 Å². The van der Waals surface area contributed by atoms with Gasteiger partial charge in [-0.3, -0.25) is 0 Å². The molecule has 0 aromatic rings. The number of urea groups is 1. The van der Waals surface area contributed by atoms with Gasteiger partial charge in [0.15, 0.2) is 0 Å². The third kappa shape index (κ3) is 6.48. The highest BCUT2D eigenvalue weighted by molar-refractivity contribution is 5.74. The minimum atomic E-state index is 0.0837. The van der Waals surface area contributed by atoms with Crippen LogP contribution in [0.4, 0.5) is 4.79 Å². The maximum Gasteiger partial charge on any atom is 0.317 e. The average Bonchev–Trinajstić information content (AvgIpc) is 2.62. The van der Waals surface area contributed by atoms with E-state index in [1.807, 2.05) is 4.90 Å². The number of methoxy groups -OCH3 is 1. The molecule has 0 unspecified atom stereocenters. The monoisotopic (exact) mass is 243 g/mol. The van der Waals surface area contributed by atoms with Crippen molar-refractivity contribution in [3.63, 3.8) is 0 Å². The van der Waals surface area contributed by atoms with Gasteiger partial charge < -0.3 is 20.3 Å². The van der Waals surface area contributed by atoms with E-state index in [4.69, 9.17) is 4.74 Å². The van der Waals surface area contributed by atoms with Crippen molar-refractivity contribution < 1.29 is 9.53 Å². The lowest BCUT2D eigenvalue weighted by Crippen LogP contribution is -2.43. The molecule has 0 aliphatic carbocycles. The van der Waals surface area contributed by atoms with Crippen molar-refractivity contribution in [3.05, 3.63) is 0 Å². The Labute approximate surface area is 104 Å². The highest BCUT2D eigenvalue weighted by Gasteiger charge is 2.14. The summed E-state index contributed by atoms with van der Waals surface area (Å²) in [6.45, 7) is 4.82. The normalized spacial score (nSPS) is 16.6. The zero-order valence-corrected chi connectivity index (χ0v) is 10.8. The summed E-state index contributed by atoms with van der Waals surface area (Å²) in [7, 11) is 1.68. The third-order valence-corrected chi connectivity index (χ3v) is 2.95. The fourth-order valence-corrected chi connectivity index (χ4v) is 1.94. The first-order valence-electron chi connectivity index (χ1n) is 6.57. The Morgan fingerprint density at radius 2 is 1.82 bits per heavy atom. The number of likely N-dealkylation sites (tertiary alicyclic amines) is 1. The molecule has 1 rings (SSSR count). The zero-order chi connectivity index (χ0) is 12.3. The second kappa shape index (κ2) is 9.24. The summed E-state index contributed by atoms with van der Waals surface area (Å²) in [6, 6.07) is 0.0837. The van der Waals surface area contributed by atoms with Crippen LogP contribution >= 0.6 is 0 Å². The van der Waals surface area contributed by atoms with Crippen LogP contribution in [0.25, 0.3) is 0 Å². The van der Waals surface area contributed by atoms with Crippen LogP contribution in [0.2, 0.25) is 0 Å². The molecule has 0 aromatic heterocycles. The fourth-order valence-electron chi connectivity index (χ4n) is 1.94. The second-order valence-electron chi connectivity index (χ2n) is 4.38. The first-order chi connectivity index (χ1) is 8.34. The molecule has 0 atom stereocenters. The molecule has 1 heterocycles. The molecule has 2 N–H and O–H groups in total. The molecule has 1 fully saturated rings. The van der Waals surface area contributed by atoms with Crippen molar-refractivity contribution in [1.29, 1.82) is 0 Å². The molecule has 1 aliphatic rings. The van der Waals surface area contributed by atoms with E-state index in [0.29, 0.717) is 13.2 Å². The largest absolute Gasteiger partial charge is 0.383 e. The topological polar surface area (TPSA) is 53.6 Å². The number of ether oxygens (including phenoxy) is 1. The minimum Gasteiger partial charge on any atom is -0.383 e.